The van der Waals surface area contributed by atoms with Gasteiger partial charge >= 0.3 is 0 Å². The first-order valence-electron chi connectivity index (χ1n) is 5.76. The first-order chi connectivity index (χ1) is 8.53. The lowest BCUT2D eigenvalue weighted by Crippen LogP contribution is -2.22. The van der Waals surface area contributed by atoms with Gasteiger partial charge in [0, 0.05) is 12.1 Å². The Morgan fingerprint density at radius 3 is 2.72 bits per heavy atom. The first-order valence-corrected chi connectivity index (χ1v) is 7.96. The van der Waals surface area contributed by atoms with Gasteiger partial charge in [-0.25, -0.2) is 17.9 Å². The molecule has 96 valence electrons. The molecule has 3 rings (SSSR count). The highest BCUT2D eigenvalue weighted by molar-refractivity contribution is 7.91. The molecule has 7 heteroatoms. The summed E-state index contributed by atoms with van der Waals surface area (Å²) in [6.45, 7) is 0. The minimum atomic E-state index is -2.84. The van der Waals surface area contributed by atoms with Crippen molar-refractivity contribution in [1.82, 2.24) is 14.6 Å². The molecule has 1 aliphatic heterocycles. The predicted octanol–water partition coefficient (Wildman–Crippen LogP) is 1.67. The van der Waals surface area contributed by atoms with E-state index >= 15 is 0 Å². The summed E-state index contributed by atoms with van der Waals surface area (Å²) in [7, 11) is -2.84. The van der Waals surface area contributed by atoms with E-state index in [1.54, 1.807) is 22.8 Å². The Morgan fingerprint density at radius 1 is 1.28 bits per heavy atom. The van der Waals surface area contributed by atoms with E-state index in [1.807, 2.05) is 0 Å². The van der Waals surface area contributed by atoms with Gasteiger partial charge in [-0.2, -0.15) is 5.10 Å². The Bertz CT molecular complexity index is 681. The Morgan fingerprint density at radius 2 is 2.00 bits per heavy atom. The molecule has 2 aromatic rings. The van der Waals surface area contributed by atoms with Gasteiger partial charge in [-0.05, 0) is 25.0 Å². The van der Waals surface area contributed by atoms with E-state index in [0.717, 1.165) is 5.65 Å². The summed E-state index contributed by atoms with van der Waals surface area (Å²) >= 11 is 5.88. The number of fused-ring (bicyclic) bond motifs is 1. The van der Waals surface area contributed by atoms with Crippen LogP contribution in [0.25, 0.3) is 5.65 Å². The van der Waals surface area contributed by atoms with Crippen LogP contribution < -0.4 is 0 Å². The quantitative estimate of drug-likeness (QED) is 0.799. The Hall–Kier alpha value is -1.14. The predicted molar refractivity (Wildman–Crippen MR) is 68.6 cm³/mol. The third-order valence-electron chi connectivity index (χ3n) is 3.23. The average molecular weight is 286 g/mol. The van der Waals surface area contributed by atoms with E-state index in [2.05, 4.69) is 10.1 Å². The van der Waals surface area contributed by atoms with Crippen molar-refractivity contribution in [2.45, 2.75) is 18.8 Å². The number of hydrogen-bond donors (Lipinski definition) is 0. The molecule has 0 aliphatic carbocycles. The van der Waals surface area contributed by atoms with Crippen molar-refractivity contribution < 1.29 is 8.42 Å². The fraction of sp³-hybridized carbons (Fsp3) is 0.455. The number of sulfone groups is 1. The molecule has 1 fully saturated rings. The third kappa shape index (κ3) is 2.22. The molecule has 0 radical (unpaired) electrons. The monoisotopic (exact) mass is 285 g/mol. The zero-order chi connectivity index (χ0) is 12.8. The fourth-order valence-corrected chi connectivity index (χ4v) is 3.84. The summed E-state index contributed by atoms with van der Waals surface area (Å²) in [5.74, 6) is 1.31. The van der Waals surface area contributed by atoms with Crippen LogP contribution in [0.2, 0.25) is 5.02 Å². The molecular formula is C11H12ClN3O2S. The molecule has 0 spiro atoms. The second-order valence-electron chi connectivity index (χ2n) is 4.55. The molecule has 1 saturated heterocycles. The van der Waals surface area contributed by atoms with E-state index in [9.17, 15) is 8.42 Å². The van der Waals surface area contributed by atoms with Crippen LogP contribution in [-0.4, -0.2) is 34.5 Å². The normalized spacial score (nSPS) is 20.3. The highest BCUT2D eigenvalue weighted by Gasteiger charge is 2.27. The van der Waals surface area contributed by atoms with E-state index in [0.29, 0.717) is 23.7 Å². The van der Waals surface area contributed by atoms with Crippen LogP contribution in [0.1, 0.15) is 24.6 Å². The zero-order valence-electron chi connectivity index (χ0n) is 9.58. The molecule has 0 atom stereocenters. The largest absolute Gasteiger partial charge is 0.229 e. The number of hydrogen-bond acceptors (Lipinski definition) is 4. The summed E-state index contributed by atoms with van der Waals surface area (Å²) in [6, 6.07) is 3.57. The lowest BCUT2D eigenvalue weighted by Gasteiger charge is -2.18. The van der Waals surface area contributed by atoms with Crippen LogP contribution in [0.4, 0.5) is 0 Å². The van der Waals surface area contributed by atoms with Crippen LogP contribution in [0.3, 0.4) is 0 Å². The van der Waals surface area contributed by atoms with Crippen LogP contribution in [-0.2, 0) is 9.84 Å². The minimum absolute atomic E-state index is 0.132. The van der Waals surface area contributed by atoms with Crippen molar-refractivity contribution >= 4 is 27.1 Å². The molecule has 2 aromatic heterocycles. The Labute approximate surface area is 110 Å². The van der Waals surface area contributed by atoms with Gasteiger partial charge in [0.15, 0.2) is 11.5 Å². The molecule has 0 amide bonds. The fourth-order valence-electron chi connectivity index (χ4n) is 2.20. The Balaban J connectivity index is 1.91. The minimum Gasteiger partial charge on any atom is -0.229 e. The number of halogens is 1. The molecule has 0 saturated carbocycles. The van der Waals surface area contributed by atoms with E-state index in [1.165, 1.54) is 0 Å². The summed E-state index contributed by atoms with van der Waals surface area (Å²) in [4.78, 5) is 4.42. The number of pyridine rings is 1. The van der Waals surface area contributed by atoms with Crippen LogP contribution in [0.5, 0.6) is 0 Å². The number of rotatable bonds is 1. The topological polar surface area (TPSA) is 64.3 Å². The van der Waals surface area contributed by atoms with Gasteiger partial charge in [-0.3, -0.25) is 0 Å². The number of nitrogens with zero attached hydrogens (tertiary/aromatic N) is 3. The van der Waals surface area contributed by atoms with Gasteiger partial charge in [0.1, 0.15) is 9.84 Å². The zero-order valence-corrected chi connectivity index (χ0v) is 11.2. The molecular weight excluding hydrogens is 274 g/mol. The maximum atomic E-state index is 11.4. The molecule has 0 N–H and O–H groups in total. The second kappa shape index (κ2) is 4.20. The molecule has 1 aliphatic rings. The van der Waals surface area contributed by atoms with Gasteiger partial charge in [-0.1, -0.05) is 11.6 Å². The molecule has 0 aromatic carbocycles. The molecule has 3 heterocycles. The lowest BCUT2D eigenvalue weighted by atomic mass is 10.0. The average Bonchev–Trinajstić information content (AvgIpc) is 2.71. The maximum Gasteiger partial charge on any atom is 0.155 e. The van der Waals surface area contributed by atoms with Crippen molar-refractivity contribution in [3.8, 4) is 0 Å². The van der Waals surface area contributed by atoms with Crippen molar-refractivity contribution in [3.05, 3.63) is 29.2 Å². The van der Waals surface area contributed by atoms with Gasteiger partial charge in [0.25, 0.3) is 0 Å². The molecule has 0 unspecified atom stereocenters. The SMILES string of the molecule is O=S1(=O)CCC(c2nc3ccc(Cl)cn3n2)CC1. The smallest absolute Gasteiger partial charge is 0.155 e. The van der Waals surface area contributed by atoms with Crippen molar-refractivity contribution in [3.63, 3.8) is 0 Å². The lowest BCUT2D eigenvalue weighted by molar-refractivity contribution is 0.537. The van der Waals surface area contributed by atoms with E-state index in [-0.39, 0.29) is 17.4 Å². The van der Waals surface area contributed by atoms with Crippen molar-refractivity contribution in [2.75, 3.05) is 11.5 Å². The van der Waals surface area contributed by atoms with E-state index < -0.39 is 9.84 Å². The van der Waals surface area contributed by atoms with Gasteiger partial charge in [0.05, 0.1) is 16.5 Å². The first kappa shape index (κ1) is 11.9. The van der Waals surface area contributed by atoms with Crippen LogP contribution in [0, 0.1) is 0 Å². The van der Waals surface area contributed by atoms with Crippen molar-refractivity contribution in [1.29, 1.82) is 0 Å². The highest BCUT2D eigenvalue weighted by Crippen LogP contribution is 2.27. The standard InChI is InChI=1S/C11H12ClN3O2S/c12-9-1-2-10-13-11(14-15(10)7-9)8-3-5-18(16,17)6-4-8/h1-2,7-8H,3-6H2. The highest BCUT2D eigenvalue weighted by atomic mass is 35.5. The Kier molecular flexibility index (Phi) is 2.79. The summed E-state index contributed by atoms with van der Waals surface area (Å²) in [6.07, 6.45) is 2.91. The molecule has 5 nitrogen and oxygen atoms in total. The maximum absolute atomic E-state index is 11.4. The summed E-state index contributed by atoms with van der Waals surface area (Å²) in [5, 5.41) is 4.97. The number of aromatic nitrogens is 3. The van der Waals surface area contributed by atoms with Gasteiger partial charge < -0.3 is 0 Å². The van der Waals surface area contributed by atoms with Crippen LogP contribution in [0.15, 0.2) is 18.3 Å². The van der Waals surface area contributed by atoms with Gasteiger partial charge in [-0.15, -0.1) is 0 Å². The van der Waals surface area contributed by atoms with Crippen LogP contribution >= 0.6 is 11.6 Å². The summed E-state index contributed by atoms with van der Waals surface area (Å²) in [5.41, 5.74) is 0.739. The van der Waals surface area contributed by atoms with E-state index in [4.69, 9.17) is 11.6 Å². The molecule has 0 bridgehead atoms. The molecule has 18 heavy (non-hydrogen) atoms. The van der Waals surface area contributed by atoms with Gasteiger partial charge in [0.2, 0.25) is 0 Å². The van der Waals surface area contributed by atoms with Crippen molar-refractivity contribution in [2.24, 2.45) is 0 Å². The second-order valence-corrected chi connectivity index (χ2v) is 7.29. The summed E-state index contributed by atoms with van der Waals surface area (Å²) < 4.78 is 24.4. The third-order valence-corrected chi connectivity index (χ3v) is 5.17.